The molecule has 6 nitrogen and oxygen atoms in total. The summed E-state index contributed by atoms with van der Waals surface area (Å²) in [7, 11) is -3.80. The fraction of sp³-hybridized carbons (Fsp3) is 0.158. The van der Waals surface area contributed by atoms with Crippen molar-refractivity contribution in [3.63, 3.8) is 0 Å². The fourth-order valence-corrected chi connectivity index (χ4v) is 4.66. The van der Waals surface area contributed by atoms with Crippen molar-refractivity contribution in [1.29, 1.82) is 0 Å². The summed E-state index contributed by atoms with van der Waals surface area (Å²) in [5, 5.41) is 5.47. The van der Waals surface area contributed by atoms with Gasteiger partial charge in [-0.3, -0.25) is 0 Å². The molecule has 0 radical (unpaired) electrons. The second-order valence-corrected chi connectivity index (χ2v) is 8.90. The number of aryl methyl sites for hydroxylation is 1. The zero-order valence-corrected chi connectivity index (χ0v) is 16.6. The summed E-state index contributed by atoms with van der Waals surface area (Å²) in [6.45, 7) is 2.02. The van der Waals surface area contributed by atoms with Gasteiger partial charge >= 0.3 is 0 Å². The number of benzene rings is 2. The van der Waals surface area contributed by atoms with Gasteiger partial charge in [0.15, 0.2) is 0 Å². The average molecular weight is 417 g/mol. The standard InChI is InChI=1S/C19H17FN4O2S2/c1-2-17-23-24-16(12-21-28(25,26)15-10-8-14(20)9-11-15)18(22-19(24)27-17)13-6-4-3-5-7-13/h3-11,21H,2,12H2,1H3. The Bertz CT molecular complexity index is 1220. The maximum Gasteiger partial charge on any atom is 0.240 e. The molecule has 0 saturated heterocycles. The van der Waals surface area contributed by atoms with Crippen molar-refractivity contribution < 1.29 is 12.8 Å². The van der Waals surface area contributed by atoms with Gasteiger partial charge in [-0.25, -0.2) is 27.0 Å². The number of nitrogens with one attached hydrogen (secondary N) is 1. The molecule has 0 saturated carbocycles. The number of hydrogen-bond donors (Lipinski definition) is 1. The molecule has 0 spiro atoms. The van der Waals surface area contributed by atoms with Crippen LogP contribution in [0.5, 0.6) is 0 Å². The van der Waals surface area contributed by atoms with Crippen LogP contribution in [0.3, 0.4) is 0 Å². The Labute approximate surface area is 165 Å². The van der Waals surface area contributed by atoms with E-state index < -0.39 is 15.8 Å². The average Bonchev–Trinajstić information content (AvgIpc) is 3.25. The molecule has 0 bridgehead atoms. The predicted octanol–water partition coefficient (Wildman–Crippen LogP) is 3.64. The van der Waals surface area contributed by atoms with E-state index in [1.807, 2.05) is 37.3 Å². The van der Waals surface area contributed by atoms with E-state index in [2.05, 4.69) is 14.8 Å². The zero-order chi connectivity index (χ0) is 19.7. The Morgan fingerprint density at radius 1 is 1.11 bits per heavy atom. The molecule has 2 aromatic heterocycles. The lowest BCUT2D eigenvalue weighted by Crippen LogP contribution is -2.24. The minimum Gasteiger partial charge on any atom is -0.217 e. The van der Waals surface area contributed by atoms with Crippen LogP contribution in [-0.2, 0) is 23.0 Å². The van der Waals surface area contributed by atoms with Crippen molar-refractivity contribution in [2.75, 3.05) is 0 Å². The van der Waals surface area contributed by atoms with E-state index in [0.717, 1.165) is 29.1 Å². The molecule has 2 aromatic carbocycles. The summed E-state index contributed by atoms with van der Waals surface area (Å²) in [5.41, 5.74) is 2.22. The quantitative estimate of drug-likeness (QED) is 0.521. The van der Waals surface area contributed by atoms with Crippen LogP contribution in [-0.4, -0.2) is 23.0 Å². The number of aromatic nitrogens is 3. The van der Waals surface area contributed by atoms with Crippen LogP contribution in [0.4, 0.5) is 4.39 Å². The van der Waals surface area contributed by atoms with Crippen molar-refractivity contribution in [3.05, 3.63) is 71.1 Å². The van der Waals surface area contributed by atoms with E-state index in [0.29, 0.717) is 16.3 Å². The minimum atomic E-state index is -3.80. The summed E-state index contributed by atoms with van der Waals surface area (Å²) < 4.78 is 42.6. The third kappa shape index (κ3) is 3.56. The summed E-state index contributed by atoms with van der Waals surface area (Å²) in [6.07, 6.45) is 0.773. The third-order valence-corrected chi connectivity index (χ3v) is 6.71. The van der Waals surface area contributed by atoms with Gasteiger partial charge in [-0.1, -0.05) is 48.6 Å². The van der Waals surface area contributed by atoms with Gasteiger partial charge in [-0.2, -0.15) is 5.10 Å². The van der Waals surface area contributed by atoms with Gasteiger partial charge in [0.2, 0.25) is 15.0 Å². The predicted molar refractivity (Wildman–Crippen MR) is 106 cm³/mol. The Hall–Kier alpha value is -2.62. The molecule has 28 heavy (non-hydrogen) atoms. The van der Waals surface area contributed by atoms with E-state index in [1.54, 1.807) is 4.52 Å². The van der Waals surface area contributed by atoms with E-state index in [9.17, 15) is 12.8 Å². The Kier molecular flexibility index (Phi) is 4.96. The van der Waals surface area contributed by atoms with E-state index in [4.69, 9.17) is 0 Å². The second-order valence-electron chi connectivity index (χ2n) is 6.10. The first-order valence-electron chi connectivity index (χ1n) is 8.66. The molecule has 0 atom stereocenters. The number of fused-ring (bicyclic) bond motifs is 1. The number of nitrogens with zero attached hydrogens (tertiary/aromatic N) is 3. The number of imidazole rings is 1. The Morgan fingerprint density at radius 2 is 1.82 bits per heavy atom. The van der Waals surface area contributed by atoms with E-state index in [-0.39, 0.29) is 11.4 Å². The third-order valence-electron chi connectivity index (χ3n) is 4.24. The van der Waals surface area contributed by atoms with Crippen LogP contribution in [0, 0.1) is 5.82 Å². The van der Waals surface area contributed by atoms with Gasteiger partial charge in [0.25, 0.3) is 0 Å². The molecule has 144 valence electrons. The summed E-state index contributed by atoms with van der Waals surface area (Å²) >= 11 is 1.48. The second kappa shape index (κ2) is 7.42. The van der Waals surface area contributed by atoms with Crippen molar-refractivity contribution in [1.82, 2.24) is 19.3 Å². The molecule has 9 heteroatoms. The van der Waals surface area contributed by atoms with Crippen LogP contribution in [0.25, 0.3) is 16.2 Å². The first-order chi connectivity index (χ1) is 13.5. The Morgan fingerprint density at radius 3 is 2.50 bits per heavy atom. The first kappa shape index (κ1) is 18.7. The van der Waals surface area contributed by atoms with Gasteiger partial charge < -0.3 is 0 Å². The summed E-state index contributed by atoms with van der Waals surface area (Å²) in [4.78, 5) is 5.39. The first-order valence-corrected chi connectivity index (χ1v) is 11.0. The van der Waals surface area contributed by atoms with Crippen LogP contribution in [0.1, 0.15) is 17.6 Å². The van der Waals surface area contributed by atoms with Crippen molar-refractivity contribution in [2.45, 2.75) is 24.8 Å². The normalized spacial score (nSPS) is 11.9. The van der Waals surface area contributed by atoms with Gasteiger partial charge in [-0.15, -0.1) is 0 Å². The zero-order valence-electron chi connectivity index (χ0n) is 15.0. The molecular weight excluding hydrogens is 399 g/mol. The molecule has 4 aromatic rings. The van der Waals surface area contributed by atoms with Crippen LogP contribution in [0.15, 0.2) is 59.5 Å². The van der Waals surface area contributed by atoms with Crippen molar-refractivity contribution in [3.8, 4) is 11.3 Å². The lowest BCUT2D eigenvalue weighted by molar-refractivity contribution is 0.578. The monoisotopic (exact) mass is 416 g/mol. The van der Waals surface area contributed by atoms with Crippen molar-refractivity contribution >= 4 is 26.3 Å². The molecule has 0 unspecified atom stereocenters. The van der Waals surface area contributed by atoms with E-state index in [1.165, 1.54) is 23.5 Å². The molecule has 4 rings (SSSR count). The highest BCUT2D eigenvalue weighted by atomic mass is 32.2. The van der Waals surface area contributed by atoms with Crippen LogP contribution < -0.4 is 4.72 Å². The molecule has 1 N–H and O–H groups in total. The van der Waals surface area contributed by atoms with E-state index >= 15 is 0 Å². The number of halogens is 1. The molecule has 0 aliphatic carbocycles. The Balaban J connectivity index is 1.72. The summed E-state index contributed by atoms with van der Waals surface area (Å²) in [5.74, 6) is -0.489. The number of rotatable bonds is 6. The van der Waals surface area contributed by atoms with Gasteiger partial charge in [0.1, 0.15) is 10.8 Å². The van der Waals surface area contributed by atoms with Crippen molar-refractivity contribution in [2.24, 2.45) is 0 Å². The molecular formula is C19H17FN4O2S2. The minimum absolute atomic E-state index is 0.00319. The van der Waals surface area contributed by atoms with Gasteiger partial charge in [0, 0.05) is 5.56 Å². The molecule has 0 aliphatic rings. The van der Waals surface area contributed by atoms with Crippen LogP contribution >= 0.6 is 11.3 Å². The number of sulfonamides is 1. The SMILES string of the molecule is CCc1nn2c(CNS(=O)(=O)c3ccc(F)cc3)c(-c3ccccc3)nc2s1. The summed E-state index contributed by atoms with van der Waals surface area (Å²) in [6, 6.07) is 14.3. The maximum absolute atomic E-state index is 13.1. The lowest BCUT2D eigenvalue weighted by atomic mass is 10.1. The van der Waals surface area contributed by atoms with Gasteiger partial charge in [0.05, 0.1) is 22.8 Å². The number of hydrogen-bond acceptors (Lipinski definition) is 5. The highest BCUT2D eigenvalue weighted by molar-refractivity contribution is 7.89. The molecule has 0 amide bonds. The van der Waals surface area contributed by atoms with Gasteiger partial charge in [-0.05, 0) is 30.7 Å². The highest BCUT2D eigenvalue weighted by Crippen LogP contribution is 2.27. The van der Waals surface area contributed by atoms with Crippen LogP contribution in [0.2, 0.25) is 0 Å². The molecule has 0 aliphatic heterocycles. The smallest absolute Gasteiger partial charge is 0.217 e. The fourth-order valence-electron chi connectivity index (χ4n) is 2.82. The maximum atomic E-state index is 13.1. The molecule has 0 fully saturated rings. The lowest BCUT2D eigenvalue weighted by Gasteiger charge is -2.08. The topological polar surface area (TPSA) is 76.4 Å². The largest absolute Gasteiger partial charge is 0.240 e. The highest BCUT2D eigenvalue weighted by Gasteiger charge is 2.21. The molecule has 2 heterocycles.